The predicted octanol–water partition coefficient (Wildman–Crippen LogP) is 3.65. The molecule has 0 spiro atoms. The van der Waals surface area contributed by atoms with Gasteiger partial charge in [-0.15, -0.1) is 0 Å². The van der Waals surface area contributed by atoms with Gasteiger partial charge in [0.1, 0.15) is 22.6 Å². The van der Waals surface area contributed by atoms with Crippen LogP contribution in [0.1, 0.15) is 15.9 Å². The summed E-state index contributed by atoms with van der Waals surface area (Å²) in [4.78, 5) is 27.5. The summed E-state index contributed by atoms with van der Waals surface area (Å²) in [5.41, 5.74) is -0.462. The summed E-state index contributed by atoms with van der Waals surface area (Å²) in [6, 6.07) is 13.2. The number of fused-ring (bicyclic) bond motifs is 1. The summed E-state index contributed by atoms with van der Waals surface area (Å²) < 4.78 is 10.3. The van der Waals surface area contributed by atoms with Crippen molar-refractivity contribution in [1.82, 2.24) is 0 Å². The minimum atomic E-state index is -0.898. The SMILES string of the molecule is [C-]#[N+]COc1cccc(/C=C/C(=O)c2c(O)c3ccccc3oc2=O)c1. The fourth-order valence-electron chi connectivity index (χ4n) is 2.42. The molecule has 3 aromatic rings. The first-order valence-electron chi connectivity index (χ1n) is 7.63. The van der Waals surface area contributed by atoms with Crippen molar-refractivity contribution in [3.05, 3.63) is 87.6 Å². The largest absolute Gasteiger partial charge is 0.506 e. The van der Waals surface area contributed by atoms with Crippen LogP contribution in [0.2, 0.25) is 0 Å². The molecule has 0 fully saturated rings. The summed E-state index contributed by atoms with van der Waals surface area (Å²) in [5.74, 6) is -0.584. The Labute approximate surface area is 148 Å². The van der Waals surface area contributed by atoms with Gasteiger partial charge in [0.15, 0.2) is 5.78 Å². The maximum absolute atomic E-state index is 12.4. The second-order valence-corrected chi connectivity index (χ2v) is 5.31. The molecule has 0 saturated carbocycles. The van der Waals surface area contributed by atoms with Crippen molar-refractivity contribution in [2.75, 3.05) is 6.73 Å². The summed E-state index contributed by atoms with van der Waals surface area (Å²) in [7, 11) is 0. The number of carbonyl (C=O) groups excluding carboxylic acids is 1. The molecule has 1 heterocycles. The van der Waals surface area contributed by atoms with Crippen molar-refractivity contribution >= 4 is 22.8 Å². The van der Waals surface area contributed by atoms with E-state index in [2.05, 4.69) is 4.85 Å². The quantitative estimate of drug-likeness (QED) is 0.330. The smallest absolute Gasteiger partial charge is 0.357 e. The van der Waals surface area contributed by atoms with E-state index in [0.717, 1.165) is 0 Å². The summed E-state index contributed by atoms with van der Waals surface area (Å²) in [6.07, 6.45) is 2.66. The minimum Gasteiger partial charge on any atom is -0.506 e. The highest BCUT2D eigenvalue weighted by molar-refractivity contribution is 6.10. The van der Waals surface area contributed by atoms with Gasteiger partial charge in [-0.25, -0.2) is 11.4 Å². The molecular formula is C20H13NO5. The van der Waals surface area contributed by atoms with E-state index in [1.54, 1.807) is 42.5 Å². The first kappa shape index (κ1) is 17.0. The molecule has 0 aliphatic heterocycles. The van der Waals surface area contributed by atoms with Gasteiger partial charge in [-0.3, -0.25) is 9.64 Å². The average Bonchev–Trinajstić information content (AvgIpc) is 2.65. The van der Waals surface area contributed by atoms with Gasteiger partial charge in [0, 0.05) is 0 Å². The molecule has 6 heteroatoms. The van der Waals surface area contributed by atoms with E-state index in [1.165, 1.54) is 18.2 Å². The van der Waals surface area contributed by atoms with Gasteiger partial charge in [0.05, 0.1) is 5.39 Å². The Bertz CT molecular complexity index is 1110. The summed E-state index contributed by atoms with van der Waals surface area (Å²) >= 11 is 0. The summed E-state index contributed by atoms with van der Waals surface area (Å²) in [6.45, 7) is 6.62. The number of para-hydroxylation sites is 1. The maximum atomic E-state index is 12.4. The van der Waals surface area contributed by atoms with Crippen LogP contribution >= 0.6 is 0 Å². The molecule has 128 valence electrons. The number of ketones is 1. The molecule has 0 saturated heterocycles. The Kier molecular flexibility index (Phi) is 4.81. The topological polar surface area (TPSA) is 81.1 Å². The Morgan fingerprint density at radius 2 is 2.04 bits per heavy atom. The van der Waals surface area contributed by atoms with Crippen LogP contribution in [-0.2, 0) is 0 Å². The third-order valence-electron chi connectivity index (χ3n) is 3.61. The van der Waals surface area contributed by atoms with E-state index in [4.69, 9.17) is 15.7 Å². The Morgan fingerprint density at radius 3 is 2.85 bits per heavy atom. The second-order valence-electron chi connectivity index (χ2n) is 5.31. The van der Waals surface area contributed by atoms with Crippen LogP contribution in [0.4, 0.5) is 0 Å². The molecule has 0 aliphatic rings. The van der Waals surface area contributed by atoms with Crippen LogP contribution in [0.5, 0.6) is 11.5 Å². The zero-order valence-electron chi connectivity index (χ0n) is 13.5. The number of benzene rings is 2. The molecule has 26 heavy (non-hydrogen) atoms. The van der Waals surface area contributed by atoms with Crippen LogP contribution in [0.25, 0.3) is 21.9 Å². The third kappa shape index (κ3) is 3.47. The van der Waals surface area contributed by atoms with E-state index in [9.17, 15) is 14.7 Å². The molecule has 0 atom stereocenters. The number of aromatic hydroxyl groups is 1. The Balaban J connectivity index is 1.91. The van der Waals surface area contributed by atoms with Gasteiger partial charge in [0.2, 0.25) is 0 Å². The molecule has 0 unspecified atom stereocenters. The van der Waals surface area contributed by atoms with Crippen molar-refractivity contribution in [3.8, 4) is 11.5 Å². The number of carbonyl (C=O) groups is 1. The van der Waals surface area contributed by atoms with E-state index in [1.807, 2.05) is 0 Å². The molecule has 0 amide bonds. The molecule has 1 N–H and O–H groups in total. The normalized spacial score (nSPS) is 10.7. The first-order chi connectivity index (χ1) is 12.6. The van der Waals surface area contributed by atoms with Crippen LogP contribution in [-0.4, -0.2) is 17.6 Å². The number of ether oxygens (including phenoxy) is 1. The van der Waals surface area contributed by atoms with Gasteiger partial charge in [0.25, 0.3) is 0 Å². The lowest BCUT2D eigenvalue weighted by Crippen LogP contribution is -2.12. The van der Waals surface area contributed by atoms with E-state index >= 15 is 0 Å². The molecule has 3 rings (SSSR count). The number of hydrogen-bond donors (Lipinski definition) is 1. The average molecular weight is 347 g/mol. The Morgan fingerprint density at radius 1 is 1.23 bits per heavy atom. The highest BCUT2D eigenvalue weighted by Gasteiger charge is 2.18. The molecule has 0 bridgehead atoms. The van der Waals surface area contributed by atoms with Gasteiger partial charge < -0.3 is 14.3 Å². The molecule has 1 aromatic heterocycles. The van der Waals surface area contributed by atoms with Crippen molar-refractivity contribution in [1.29, 1.82) is 0 Å². The maximum Gasteiger partial charge on any atom is 0.357 e. The monoisotopic (exact) mass is 347 g/mol. The highest BCUT2D eigenvalue weighted by atomic mass is 16.5. The molecular weight excluding hydrogens is 334 g/mol. The van der Waals surface area contributed by atoms with E-state index in [0.29, 0.717) is 16.7 Å². The number of rotatable bonds is 5. The number of hydrogen-bond acceptors (Lipinski definition) is 5. The Hall–Kier alpha value is -3.85. The van der Waals surface area contributed by atoms with E-state index < -0.39 is 22.7 Å². The van der Waals surface area contributed by atoms with Crippen molar-refractivity contribution in [3.63, 3.8) is 0 Å². The molecule has 6 nitrogen and oxygen atoms in total. The van der Waals surface area contributed by atoms with Crippen molar-refractivity contribution in [2.45, 2.75) is 0 Å². The van der Waals surface area contributed by atoms with Crippen LogP contribution < -0.4 is 10.4 Å². The zero-order valence-corrected chi connectivity index (χ0v) is 13.5. The standard InChI is InChI=1S/C20H13NO5/c1-21-12-25-14-6-4-5-13(11-14)9-10-16(22)18-19(23)15-7-2-3-8-17(15)26-20(18)24/h2-11,23H,12H2/b10-9+. The van der Waals surface area contributed by atoms with Crippen molar-refractivity contribution in [2.24, 2.45) is 0 Å². The van der Waals surface area contributed by atoms with Crippen LogP contribution in [0.3, 0.4) is 0 Å². The minimum absolute atomic E-state index is 0.0991. The first-order valence-corrected chi connectivity index (χ1v) is 7.63. The lowest BCUT2D eigenvalue weighted by Gasteiger charge is -2.03. The van der Waals surface area contributed by atoms with Gasteiger partial charge in [-0.2, -0.15) is 0 Å². The highest BCUT2D eigenvalue weighted by Crippen LogP contribution is 2.26. The fraction of sp³-hybridized carbons (Fsp3) is 0.0500. The molecule has 2 aromatic carbocycles. The second kappa shape index (κ2) is 7.36. The molecule has 0 radical (unpaired) electrons. The van der Waals surface area contributed by atoms with Crippen molar-refractivity contribution < 1.29 is 19.1 Å². The van der Waals surface area contributed by atoms with Gasteiger partial charge in [-0.05, 0) is 35.9 Å². The predicted molar refractivity (Wildman–Crippen MR) is 96.1 cm³/mol. The van der Waals surface area contributed by atoms with E-state index in [-0.39, 0.29) is 12.3 Å². The molecule has 0 aliphatic carbocycles. The van der Waals surface area contributed by atoms with Gasteiger partial charge >= 0.3 is 12.4 Å². The summed E-state index contributed by atoms with van der Waals surface area (Å²) in [5, 5.41) is 10.6. The van der Waals surface area contributed by atoms with Crippen LogP contribution in [0, 0.1) is 6.57 Å². The number of nitrogens with zero attached hydrogens (tertiary/aromatic N) is 1. The van der Waals surface area contributed by atoms with Crippen LogP contribution in [0.15, 0.2) is 63.8 Å². The lowest BCUT2D eigenvalue weighted by molar-refractivity contribution is 0.104. The fourth-order valence-corrected chi connectivity index (χ4v) is 2.42. The lowest BCUT2D eigenvalue weighted by atomic mass is 10.1. The number of allylic oxidation sites excluding steroid dienone is 1. The zero-order chi connectivity index (χ0) is 18.5. The third-order valence-corrected chi connectivity index (χ3v) is 3.61. The van der Waals surface area contributed by atoms with Gasteiger partial charge in [-0.1, -0.05) is 30.3 Å².